The van der Waals surface area contributed by atoms with Gasteiger partial charge in [0.25, 0.3) is 0 Å². The second kappa shape index (κ2) is 8.83. The van der Waals surface area contributed by atoms with Crippen molar-refractivity contribution >= 4 is 17.4 Å². The Morgan fingerprint density at radius 3 is 2.52 bits per heavy atom. The number of anilines is 2. The van der Waals surface area contributed by atoms with Crippen molar-refractivity contribution in [2.45, 2.75) is 19.4 Å². The molecule has 170 valence electrons. The van der Waals surface area contributed by atoms with Gasteiger partial charge >= 0.3 is 0 Å². The number of hydrogen-bond acceptors (Lipinski definition) is 5. The van der Waals surface area contributed by atoms with Gasteiger partial charge in [0, 0.05) is 53.5 Å². The minimum Gasteiger partial charge on any atom is -0.399 e. The van der Waals surface area contributed by atoms with E-state index in [0.717, 1.165) is 49.3 Å². The molecule has 5 rings (SSSR count). The number of likely N-dealkylation sites (tertiary alicyclic amines) is 1. The molecule has 2 aliphatic rings. The molecule has 0 radical (unpaired) electrons. The number of nitrogen functional groups attached to an aromatic ring is 2. The topological polar surface area (TPSA) is 94.5 Å². The normalized spacial score (nSPS) is 18.5. The molecule has 2 aliphatic heterocycles. The van der Waals surface area contributed by atoms with E-state index in [4.69, 9.17) is 16.2 Å². The summed E-state index contributed by atoms with van der Waals surface area (Å²) < 4.78 is 19.7. The standard InChI is InChI=1S/C26H27FN4O2/c27-24-11-21(28)5-6-22(24)23-10-20(12-30-25(23)29)18-3-1-16(2-4-18)13-31-8-7-19(26(31)32)9-17-14-33-15-17/h1-6,10-12,17,19H,7-9,13-15,28H2,(H2,29,30). The first-order valence-corrected chi connectivity index (χ1v) is 11.2. The molecule has 1 unspecified atom stereocenters. The van der Waals surface area contributed by atoms with Gasteiger partial charge in [-0.15, -0.1) is 0 Å². The molecule has 7 heteroatoms. The fourth-order valence-electron chi connectivity index (χ4n) is 4.62. The molecule has 6 nitrogen and oxygen atoms in total. The third kappa shape index (κ3) is 4.41. The third-order valence-electron chi connectivity index (χ3n) is 6.60. The lowest BCUT2D eigenvalue weighted by molar-refractivity contribution is -0.133. The minimum absolute atomic E-state index is 0.131. The van der Waals surface area contributed by atoms with Gasteiger partial charge < -0.3 is 21.1 Å². The molecule has 0 aliphatic carbocycles. The van der Waals surface area contributed by atoms with Gasteiger partial charge in [0.1, 0.15) is 11.6 Å². The highest BCUT2D eigenvalue weighted by Gasteiger charge is 2.34. The third-order valence-corrected chi connectivity index (χ3v) is 6.60. The van der Waals surface area contributed by atoms with E-state index in [-0.39, 0.29) is 17.6 Å². The fraction of sp³-hybridized carbons (Fsp3) is 0.308. The number of rotatable bonds is 6. The van der Waals surface area contributed by atoms with Crippen LogP contribution < -0.4 is 11.5 Å². The first-order valence-electron chi connectivity index (χ1n) is 11.2. The molecule has 1 aromatic heterocycles. The fourth-order valence-corrected chi connectivity index (χ4v) is 4.62. The zero-order valence-corrected chi connectivity index (χ0v) is 18.3. The maximum absolute atomic E-state index is 14.4. The molecule has 1 amide bonds. The van der Waals surface area contributed by atoms with Crippen molar-refractivity contribution in [3.05, 3.63) is 66.1 Å². The summed E-state index contributed by atoms with van der Waals surface area (Å²) in [6.07, 6.45) is 3.55. The molecule has 2 aromatic carbocycles. The summed E-state index contributed by atoms with van der Waals surface area (Å²) in [5, 5.41) is 0. The number of nitrogens with two attached hydrogens (primary N) is 2. The van der Waals surface area contributed by atoms with Crippen molar-refractivity contribution in [2.24, 2.45) is 11.8 Å². The molecule has 2 fully saturated rings. The Morgan fingerprint density at radius 2 is 1.82 bits per heavy atom. The second-order valence-electron chi connectivity index (χ2n) is 8.98. The summed E-state index contributed by atoms with van der Waals surface area (Å²) in [6.45, 7) is 2.99. The number of pyridine rings is 1. The summed E-state index contributed by atoms with van der Waals surface area (Å²) in [6, 6.07) is 14.4. The summed E-state index contributed by atoms with van der Waals surface area (Å²) in [5.41, 5.74) is 15.8. The van der Waals surface area contributed by atoms with Crippen LogP contribution in [0.5, 0.6) is 0 Å². The van der Waals surface area contributed by atoms with Crippen molar-refractivity contribution in [2.75, 3.05) is 31.2 Å². The van der Waals surface area contributed by atoms with Crippen LogP contribution in [0.15, 0.2) is 54.7 Å². The van der Waals surface area contributed by atoms with Crippen LogP contribution in [0.1, 0.15) is 18.4 Å². The highest BCUT2D eigenvalue weighted by molar-refractivity contribution is 5.81. The van der Waals surface area contributed by atoms with Gasteiger partial charge in [-0.2, -0.15) is 0 Å². The summed E-state index contributed by atoms with van der Waals surface area (Å²) in [5.74, 6) is 0.748. The Balaban J connectivity index is 1.30. The number of carbonyl (C=O) groups is 1. The van der Waals surface area contributed by atoms with Gasteiger partial charge in [-0.1, -0.05) is 24.3 Å². The highest BCUT2D eigenvalue weighted by Crippen LogP contribution is 2.33. The molecule has 0 spiro atoms. The van der Waals surface area contributed by atoms with Crippen molar-refractivity contribution in [1.29, 1.82) is 0 Å². The predicted molar refractivity (Wildman–Crippen MR) is 126 cm³/mol. The largest absolute Gasteiger partial charge is 0.399 e. The Morgan fingerprint density at radius 1 is 1.03 bits per heavy atom. The van der Waals surface area contributed by atoms with Gasteiger partial charge in [0.05, 0.1) is 13.2 Å². The van der Waals surface area contributed by atoms with Crippen molar-refractivity contribution in [3.63, 3.8) is 0 Å². The maximum Gasteiger partial charge on any atom is 0.226 e. The van der Waals surface area contributed by atoms with Gasteiger partial charge in [0.15, 0.2) is 0 Å². The average Bonchev–Trinajstić information content (AvgIpc) is 3.11. The van der Waals surface area contributed by atoms with Gasteiger partial charge in [-0.25, -0.2) is 9.37 Å². The number of amides is 1. The van der Waals surface area contributed by atoms with Gasteiger partial charge in [-0.05, 0) is 48.2 Å². The Bertz CT molecular complexity index is 1180. The molecule has 3 heterocycles. The number of carbonyl (C=O) groups excluding carboxylic acids is 1. The van der Waals surface area contributed by atoms with Gasteiger partial charge in [0.2, 0.25) is 5.91 Å². The summed E-state index contributed by atoms with van der Waals surface area (Å²) in [7, 11) is 0. The van der Waals surface area contributed by atoms with E-state index in [0.29, 0.717) is 29.3 Å². The van der Waals surface area contributed by atoms with Crippen LogP contribution in [-0.4, -0.2) is 35.5 Å². The van der Waals surface area contributed by atoms with Crippen LogP contribution in [-0.2, 0) is 16.1 Å². The van der Waals surface area contributed by atoms with Crippen LogP contribution in [0.2, 0.25) is 0 Å². The molecule has 4 N–H and O–H groups in total. The Labute approximate surface area is 192 Å². The van der Waals surface area contributed by atoms with Crippen LogP contribution in [0, 0.1) is 17.7 Å². The lowest BCUT2D eigenvalue weighted by atomic mass is 9.92. The smallest absolute Gasteiger partial charge is 0.226 e. The van der Waals surface area contributed by atoms with Crippen molar-refractivity contribution in [1.82, 2.24) is 9.88 Å². The molecule has 3 aromatic rings. The number of ether oxygens (including phenoxy) is 1. The number of halogens is 1. The van der Waals surface area contributed by atoms with E-state index >= 15 is 0 Å². The molecule has 0 saturated carbocycles. The lowest BCUT2D eigenvalue weighted by Crippen LogP contribution is -2.32. The zero-order chi connectivity index (χ0) is 22.9. The molecular weight excluding hydrogens is 419 g/mol. The average molecular weight is 447 g/mol. The number of hydrogen-bond donors (Lipinski definition) is 2. The van der Waals surface area contributed by atoms with Gasteiger partial charge in [-0.3, -0.25) is 4.79 Å². The molecular formula is C26H27FN4O2. The Kier molecular flexibility index (Phi) is 5.72. The van der Waals surface area contributed by atoms with E-state index in [1.165, 1.54) is 6.07 Å². The number of aromatic nitrogens is 1. The van der Waals surface area contributed by atoms with E-state index in [1.54, 1.807) is 18.3 Å². The molecule has 0 bridgehead atoms. The SMILES string of the molecule is Nc1ccc(-c2cc(-c3ccc(CN4CCC(CC5COC5)C4=O)cc3)cnc2N)c(F)c1. The number of nitrogens with zero attached hydrogens (tertiary/aromatic N) is 2. The first-order chi connectivity index (χ1) is 16.0. The second-order valence-corrected chi connectivity index (χ2v) is 8.98. The van der Waals surface area contributed by atoms with Crippen molar-refractivity contribution in [3.8, 4) is 22.3 Å². The Hall–Kier alpha value is -3.45. The summed E-state index contributed by atoms with van der Waals surface area (Å²) in [4.78, 5) is 19.0. The summed E-state index contributed by atoms with van der Waals surface area (Å²) >= 11 is 0. The highest BCUT2D eigenvalue weighted by atomic mass is 19.1. The maximum atomic E-state index is 14.4. The van der Waals surface area contributed by atoms with E-state index in [9.17, 15) is 9.18 Å². The minimum atomic E-state index is -0.436. The van der Waals surface area contributed by atoms with E-state index in [1.807, 2.05) is 35.2 Å². The van der Waals surface area contributed by atoms with E-state index in [2.05, 4.69) is 4.98 Å². The molecule has 2 saturated heterocycles. The van der Waals surface area contributed by atoms with Crippen LogP contribution >= 0.6 is 0 Å². The lowest BCUT2D eigenvalue weighted by Gasteiger charge is -2.27. The first kappa shape index (κ1) is 21.4. The zero-order valence-electron chi connectivity index (χ0n) is 18.3. The predicted octanol–water partition coefficient (Wildman–Crippen LogP) is 4.10. The van der Waals surface area contributed by atoms with E-state index < -0.39 is 5.82 Å². The molecule has 1 atom stereocenters. The van der Waals surface area contributed by atoms with Crippen LogP contribution in [0.4, 0.5) is 15.9 Å². The monoisotopic (exact) mass is 446 g/mol. The molecule has 33 heavy (non-hydrogen) atoms. The van der Waals surface area contributed by atoms with Crippen molar-refractivity contribution < 1.29 is 13.9 Å². The van der Waals surface area contributed by atoms with Crippen LogP contribution in [0.25, 0.3) is 22.3 Å². The van der Waals surface area contributed by atoms with Crippen LogP contribution in [0.3, 0.4) is 0 Å². The number of benzene rings is 2. The quantitative estimate of drug-likeness (QED) is 0.556.